The predicted octanol–water partition coefficient (Wildman–Crippen LogP) is 4.38. The van der Waals surface area contributed by atoms with Crippen LogP contribution in [0.4, 0.5) is 4.79 Å². The maximum absolute atomic E-state index is 12.9. The van der Waals surface area contributed by atoms with Crippen LogP contribution in [0.5, 0.6) is 0 Å². The lowest BCUT2D eigenvalue weighted by molar-refractivity contribution is -0.131. The number of likely N-dealkylation sites (tertiary alicyclic amines) is 1. The lowest BCUT2D eigenvalue weighted by Gasteiger charge is -2.35. The van der Waals surface area contributed by atoms with Crippen molar-refractivity contribution in [2.45, 2.75) is 38.3 Å². The van der Waals surface area contributed by atoms with E-state index in [2.05, 4.69) is 4.98 Å². The molecule has 1 aromatic heterocycles. The van der Waals surface area contributed by atoms with Crippen molar-refractivity contribution in [2.24, 2.45) is 0 Å². The summed E-state index contributed by atoms with van der Waals surface area (Å²) in [6, 6.07) is 19.6. The minimum Gasteiger partial charge on any atom is -0.441 e. The van der Waals surface area contributed by atoms with E-state index in [9.17, 15) is 9.59 Å². The third-order valence-electron chi connectivity index (χ3n) is 6.50. The highest BCUT2D eigenvalue weighted by atomic mass is 16.6. The summed E-state index contributed by atoms with van der Waals surface area (Å²) in [4.78, 5) is 33.7. The first-order valence-electron chi connectivity index (χ1n) is 11.4. The molecule has 7 nitrogen and oxygen atoms in total. The fourth-order valence-corrected chi connectivity index (χ4v) is 4.60. The van der Waals surface area contributed by atoms with Crippen LogP contribution in [0.2, 0.25) is 0 Å². The molecule has 3 aromatic rings. The molecule has 3 heterocycles. The molecule has 2 aliphatic rings. The Morgan fingerprint density at radius 3 is 2.39 bits per heavy atom. The second kappa shape index (κ2) is 9.10. The first-order valence-corrected chi connectivity index (χ1v) is 11.4. The third kappa shape index (κ3) is 4.49. The van der Waals surface area contributed by atoms with Crippen molar-refractivity contribution in [3.63, 3.8) is 0 Å². The van der Waals surface area contributed by atoms with Crippen molar-refractivity contribution < 1.29 is 18.7 Å². The van der Waals surface area contributed by atoms with Crippen LogP contribution in [-0.4, -0.2) is 52.5 Å². The largest absolute Gasteiger partial charge is 0.441 e. The average Bonchev–Trinajstić information content (AvgIpc) is 3.43. The molecule has 0 spiro atoms. The first-order chi connectivity index (χ1) is 16.1. The zero-order valence-electron chi connectivity index (χ0n) is 18.6. The normalized spacial score (nSPS) is 19.1. The average molecular weight is 446 g/mol. The van der Waals surface area contributed by atoms with Crippen molar-refractivity contribution in [1.82, 2.24) is 14.8 Å². The Morgan fingerprint density at radius 1 is 1.03 bits per heavy atom. The van der Waals surface area contributed by atoms with Gasteiger partial charge in [-0.2, -0.15) is 0 Å². The summed E-state index contributed by atoms with van der Waals surface area (Å²) >= 11 is 0. The maximum atomic E-state index is 12.9. The molecular weight excluding hydrogens is 418 g/mol. The fourth-order valence-electron chi connectivity index (χ4n) is 4.60. The number of cyclic esters (lactones) is 1. The Balaban J connectivity index is 1.17. The van der Waals surface area contributed by atoms with Gasteiger partial charge in [0.1, 0.15) is 11.9 Å². The number of ether oxygens (including phenoxy) is 1. The van der Waals surface area contributed by atoms with Gasteiger partial charge in [-0.05, 0) is 37.5 Å². The molecule has 170 valence electrons. The van der Waals surface area contributed by atoms with Crippen LogP contribution in [0.1, 0.15) is 36.0 Å². The Hall–Kier alpha value is -3.61. The number of rotatable bonds is 5. The van der Waals surface area contributed by atoms with Gasteiger partial charge in [0, 0.05) is 24.7 Å². The standard InChI is InChI=1S/C26H27N3O4/c1-18-22(27-25(32-18)20-10-6-3-7-11-20)16-24(30)28-14-12-21(13-15-28)29-17-23(33-26(29)31)19-8-4-2-5-9-19/h2-11,21,23H,12-17H2,1H3. The van der Waals surface area contributed by atoms with Gasteiger partial charge in [0.2, 0.25) is 11.8 Å². The van der Waals surface area contributed by atoms with Gasteiger partial charge >= 0.3 is 6.09 Å². The molecule has 0 aliphatic carbocycles. The molecule has 2 aromatic carbocycles. The fraction of sp³-hybridized carbons (Fsp3) is 0.346. The molecule has 0 radical (unpaired) electrons. The lowest BCUT2D eigenvalue weighted by Crippen LogP contribution is -2.47. The minimum atomic E-state index is -0.264. The van der Waals surface area contributed by atoms with Gasteiger partial charge in [-0.15, -0.1) is 0 Å². The second-order valence-corrected chi connectivity index (χ2v) is 8.61. The van der Waals surface area contributed by atoms with Gasteiger partial charge < -0.3 is 19.0 Å². The van der Waals surface area contributed by atoms with Gasteiger partial charge in [0.25, 0.3) is 0 Å². The molecule has 1 unspecified atom stereocenters. The van der Waals surface area contributed by atoms with Crippen LogP contribution in [0, 0.1) is 6.92 Å². The lowest BCUT2D eigenvalue weighted by atomic mass is 10.0. The van der Waals surface area contributed by atoms with Gasteiger partial charge in [0.05, 0.1) is 18.7 Å². The molecule has 33 heavy (non-hydrogen) atoms. The number of nitrogens with zero attached hydrogens (tertiary/aromatic N) is 3. The highest BCUT2D eigenvalue weighted by molar-refractivity contribution is 5.79. The number of amides is 2. The van der Waals surface area contributed by atoms with Crippen LogP contribution >= 0.6 is 0 Å². The number of aryl methyl sites for hydroxylation is 1. The van der Waals surface area contributed by atoms with E-state index in [1.54, 1.807) is 0 Å². The van der Waals surface area contributed by atoms with Crippen LogP contribution < -0.4 is 0 Å². The van der Waals surface area contributed by atoms with Crippen molar-refractivity contribution in [3.05, 3.63) is 77.7 Å². The number of aromatic nitrogens is 1. The SMILES string of the molecule is Cc1oc(-c2ccccc2)nc1CC(=O)N1CCC(N2CC(c3ccccc3)OC2=O)CC1. The topological polar surface area (TPSA) is 75.9 Å². The summed E-state index contributed by atoms with van der Waals surface area (Å²) in [5.41, 5.74) is 2.58. The number of piperidine rings is 1. The zero-order chi connectivity index (χ0) is 22.8. The quantitative estimate of drug-likeness (QED) is 0.583. The molecule has 1 atom stereocenters. The molecule has 0 N–H and O–H groups in total. The number of oxazole rings is 1. The van der Waals surface area contributed by atoms with Gasteiger partial charge in [-0.3, -0.25) is 4.79 Å². The van der Waals surface area contributed by atoms with Crippen LogP contribution in [0.3, 0.4) is 0 Å². The Bertz CT molecular complexity index is 1120. The van der Waals surface area contributed by atoms with E-state index in [0.717, 1.165) is 24.0 Å². The monoisotopic (exact) mass is 445 g/mol. The minimum absolute atomic E-state index is 0.0376. The third-order valence-corrected chi connectivity index (χ3v) is 6.50. The first kappa shape index (κ1) is 21.2. The van der Waals surface area contributed by atoms with Gasteiger partial charge in [0.15, 0.2) is 0 Å². The van der Waals surface area contributed by atoms with Crippen molar-refractivity contribution in [3.8, 4) is 11.5 Å². The second-order valence-electron chi connectivity index (χ2n) is 8.61. The molecule has 2 aliphatic heterocycles. The Morgan fingerprint density at radius 2 is 1.70 bits per heavy atom. The molecule has 0 saturated carbocycles. The summed E-state index contributed by atoms with van der Waals surface area (Å²) in [6.45, 7) is 3.63. The van der Waals surface area contributed by atoms with E-state index in [-0.39, 0.29) is 30.6 Å². The molecule has 7 heteroatoms. The van der Waals surface area contributed by atoms with E-state index in [1.807, 2.05) is 77.4 Å². The van der Waals surface area contributed by atoms with Crippen LogP contribution in [-0.2, 0) is 16.0 Å². The number of hydrogen-bond donors (Lipinski definition) is 0. The van der Waals surface area contributed by atoms with E-state index in [4.69, 9.17) is 9.15 Å². The molecular formula is C26H27N3O4. The molecule has 2 fully saturated rings. The zero-order valence-corrected chi connectivity index (χ0v) is 18.6. The van der Waals surface area contributed by atoms with Crippen molar-refractivity contribution in [2.75, 3.05) is 19.6 Å². The molecule has 0 bridgehead atoms. The number of carbonyl (C=O) groups is 2. The Kier molecular flexibility index (Phi) is 5.86. The van der Waals surface area contributed by atoms with Crippen LogP contribution in [0.25, 0.3) is 11.5 Å². The number of carbonyl (C=O) groups excluding carboxylic acids is 2. The van der Waals surface area contributed by atoms with E-state index in [1.165, 1.54) is 0 Å². The van der Waals surface area contributed by atoms with Crippen LogP contribution in [0.15, 0.2) is 65.1 Å². The summed E-state index contributed by atoms with van der Waals surface area (Å²) in [5, 5.41) is 0. The van der Waals surface area contributed by atoms with E-state index >= 15 is 0 Å². The smallest absolute Gasteiger partial charge is 0.410 e. The number of benzene rings is 2. The molecule has 5 rings (SSSR count). The van der Waals surface area contributed by atoms with Gasteiger partial charge in [-0.25, -0.2) is 9.78 Å². The highest BCUT2D eigenvalue weighted by Crippen LogP contribution is 2.30. The summed E-state index contributed by atoms with van der Waals surface area (Å²) in [5.74, 6) is 1.25. The molecule has 2 amide bonds. The highest BCUT2D eigenvalue weighted by Gasteiger charge is 2.38. The molecule has 2 saturated heterocycles. The maximum Gasteiger partial charge on any atom is 0.410 e. The van der Waals surface area contributed by atoms with E-state index in [0.29, 0.717) is 37.0 Å². The Labute approximate surface area is 193 Å². The van der Waals surface area contributed by atoms with E-state index < -0.39 is 0 Å². The van der Waals surface area contributed by atoms with Crippen molar-refractivity contribution >= 4 is 12.0 Å². The summed E-state index contributed by atoms with van der Waals surface area (Å²) in [7, 11) is 0. The summed E-state index contributed by atoms with van der Waals surface area (Å²) < 4.78 is 11.4. The van der Waals surface area contributed by atoms with Gasteiger partial charge in [-0.1, -0.05) is 48.5 Å². The number of hydrogen-bond acceptors (Lipinski definition) is 5. The predicted molar refractivity (Wildman–Crippen MR) is 122 cm³/mol. The summed E-state index contributed by atoms with van der Waals surface area (Å²) in [6.07, 6.45) is 1.21. The van der Waals surface area contributed by atoms with Crippen molar-refractivity contribution in [1.29, 1.82) is 0 Å².